The van der Waals surface area contributed by atoms with Gasteiger partial charge in [0.2, 0.25) is 0 Å². The maximum atomic E-state index is 12.5. The highest BCUT2D eigenvalue weighted by atomic mass is 19.4. The highest BCUT2D eigenvalue weighted by Crippen LogP contribution is 2.34. The van der Waals surface area contributed by atoms with Crippen LogP contribution in [0.3, 0.4) is 0 Å². The van der Waals surface area contributed by atoms with Crippen LogP contribution in [0.25, 0.3) is 0 Å². The van der Waals surface area contributed by atoms with Gasteiger partial charge in [0.1, 0.15) is 0 Å². The Balaban J connectivity index is 1.73. The molecule has 1 heterocycles. The Kier molecular flexibility index (Phi) is 4.54. The van der Waals surface area contributed by atoms with Gasteiger partial charge in [-0.25, -0.2) is 0 Å². The van der Waals surface area contributed by atoms with Gasteiger partial charge in [0.25, 0.3) is 0 Å². The number of nitrogens with two attached hydrogens (primary N) is 1. The predicted octanol–water partition coefficient (Wildman–Crippen LogP) is 2.78. The SMILES string of the molecule is NC(CN1CCC(C(F)(F)F)CC1)C1CCCC1. The summed E-state index contributed by atoms with van der Waals surface area (Å²) >= 11 is 0. The monoisotopic (exact) mass is 264 g/mol. The largest absolute Gasteiger partial charge is 0.391 e. The summed E-state index contributed by atoms with van der Waals surface area (Å²) in [5.41, 5.74) is 6.17. The molecule has 0 aromatic carbocycles. The molecule has 0 radical (unpaired) electrons. The number of halogens is 3. The third-order valence-electron chi connectivity index (χ3n) is 4.52. The summed E-state index contributed by atoms with van der Waals surface area (Å²) in [4.78, 5) is 2.12. The van der Waals surface area contributed by atoms with Crippen molar-refractivity contribution in [3.63, 3.8) is 0 Å². The number of hydrogen-bond donors (Lipinski definition) is 1. The quantitative estimate of drug-likeness (QED) is 0.849. The summed E-state index contributed by atoms with van der Waals surface area (Å²) in [6.07, 6.45) is 1.37. The first-order valence-electron chi connectivity index (χ1n) is 7.01. The van der Waals surface area contributed by atoms with Crippen LogP contribution in [0.1, 0.15) is 38.5 Å². The van der Waals surface area contributed by atoms with Crippen molar-refractivity contribution >= 4 is 0 Å². The van der Waals surface area contributed by atoms with E-state index in [2.05, 4.69) is 4.90 Å². The van der Waals surface area contributed by atoms with Gasteiger partial charge in [-0.3, -0.25) is 0 Å². The fourth-order valence-electron chi connectivity index (χ4n) is 3.28. The highest BCUT2D eigenvalue weighted by molar-refractivity contribution is 4.83. The molecule has 1 aliphatic carbocycles. The van der Waals surface area contributed by atoms with Crippen molar-refractivity contribution in [1.29, 1.82) is 0 Å². The lowest BCUT2D eigenvalue weighted by Gasteiger charge is -2.35. The Morgan fingerprint density at radius 1 is 1.06 bits per heavy atom. The maximum absolute atomic E-state index is 12.5. The number of alkyl halides is 3. The predicted molar refractivity (Wildman–Crippen MR) is 65.2 cm³/mol. The van der Waals surface area contributed by atoms with Gasteiger partial charge >= 0.3 is 6.18 Å². The van der Waals surface area contributed by atoms with Gasteiger partial charge in [0, 0.05) is 12.6 Å². The van der Waals surface area contributed by atoms with E-state index in [4.69, 9.17) is 5.73 Å². The number of rotatable bonds is 3. The summed E-state index contributed by atoms with van der Waals surface area (Å²) in [7, 11) is 0. The molecular formula is C13H23F3N2. The van der Waals surface area contributed by atoms with Gasteiger partial charge in [-0.2, -0.15) is 13.2 Å². The van der Waals surface area contributed by atoms with Crippen LogP contribution < -0.4 is 5.73 Å². The molecule has 1 aliphatic heterocycles. The Labute approximate surface area is 107 Å². The first-order valence-corrected chi connectivity index (χ1v) is 7.01. The van der Waals surface area contributed by atoms with Gasteiger partial charge < -0.3 is 10.6 Å². The van der Waals surface area contributed by atoms with E-state index in [9.17, 15) is 13.2 Å². The van der Waals surface area contributed by atoms with Crippen LogP contribution in [0, 0.1) is 11.8 Å². The summed E-state index contributed by atoms with van der Waals surface area (Å²) in [5.74, 6) is -0.512. The molecule has 0 amide bonds. The van der Waals surface area contributed by atoms with Gasteiger partial charge in [-0.15, -0.1) is 0 Å². The lowest BCUT2D eigenvalue weighted by molar-refractivity contribution is -0.185. The molecule has 1 unspecified atom stereocenters. The van der Waals surface area contributed by atoms with Crippen LogP contribution >= 0.6 is 0 Å². The van der Waals surface area contributed by atoms with Crippen LogP contribution in [-0.2, 0) is 0 Å². The Morgan fingerprint density at radius 3 is 2.11 bits per heavy atom. The standard InChI is InChI=1S/C13H23F3N2/c14-13(15,16)11-5-7-18(8-6-11)9-12(17)10-3-1-2-4-10/h10-12H,1-9,17H2. The van der Waals surface area contributed by atoms with Crippen LogP contribution in [0.4, 0.5) is 13.2 Å². The zero-order chi connectivity index (χ0) is 13.2. The molecule has 2 nitrogen and oxygen atoms in total. The number of hydrogen-bond acceptors (Lipinski definition) is 2. The zero-order valence-electron chi connectivity index (χ0n) is 10.8. The molecular weight excluding hydrogens is 241 g/mol. The molecule has 2 rings (SSSR count). The normalized spacial score (nSPS) is 26.7. The third-order valence-corrected chi connectivity index (χ3v) is 4.52. The molecule has 0 spiro atoms. The lowest BCUT2D eigenvalue weighted by Crippen LogP contribution is -2.46. The Hall–Kier alpha value is -0.290. The van der Waals surface area contributed by atoms with Crippen LogP contribution in [-0.4, -0.2) is 36.8 Å². The minimum absolute atomic E-state index is 0.148. The second kappa shape index (κ2) is 5.78. The molecule has 5 heteroatoms. The fraction of sp³-hybridized carbons (Fsp3) is 1.00. The van der Waals surface area contributed by atoms with E-state index >= 15 is 0 Å². The van der Waals surface area contributed by atoms with E-state index in [1.807, 2.05) is 0 Å². The van der Waals surface area contributed by atoms with Crippen molar-refractivity contribution < 1.29 is 13.2 Å². The summed E-state index contributed by atoms with van der Waals surface area (Å²) in [6.45, 7) is 1.87. The minimum atomic E-state index is -4.01. The zero-order valence-corrected chi connectivity index (χ0v) is 10.8. The molecule has 0 aromatic rings. The Morgan fingerprint density at radius 2 is 1.61 bits per heavy atom. The number of likely N-dealkylation sites (tertiary alicyclic amines) is 1. The fourth-order valence-corrected chi connectivity index (χ4v) is 3.28. The second-order valence-electron chi connectivity index (χ2n) is 5.82. The van der Waals surface area contributed by atoms with E-state index in [-0.39, 0.29) is 18.9 Å². The molecule has 106 valence electrons. The van der Waals surface area contributed by atoms with Crippen molar-refractivity contribution in [2.45, 2.75) is 50.7 Å². The van der Waals surface area contributed by atoms with E-state index in [0.717, 1.165) is 6.54 Å². The van der Waals surface area contributed by atoms with E-state index in [0.29, 0.717) is 19.0 Å². The van der Waals surface area contributed by atoms with Crippen molar-refractivity contribution in [1.82, 2.24) is 4.90 Å². The van der Waals surface area contributed by atoms with Crippen LogP contribution in [0.5, 0.6) is 0 Å². The average molecular weight is 264 g/mol. The van der Waals surface area contributed by atoms with E-state index < -0.39 is 12.1 Å². The van der Waals surface area contributed by atoms with Crippen LogP contribution in [0.15, 0.2) is 0 Å². The average Bonchev–Trinajstić information content (AvgIpc) is 2.82. The summed E-state index contributed by atoms with van der Waals surface area (Å²) < 4.78 is 37.6. The molecule has 1 saturated heterocycles. The van der Waals surface area contributed by atoms with Crippen molar-refractivity contribution in [3.05, 3.63) is 0 Å². The molecule has 2 N–H and O–H groups in total. The van der Waals surface area contributed by atoms with Gasteiger partial charge in [0.05, 0.1) is 5.92 Å². The van der Waals surface area contributed by atoms with Gasteiger partial charge in [-0.05, 0) is 44.7 Å². The Bertz CT molecular complexity index is 253. The first-order chi connectivity index (χ1) is 8.47. The summed E-state index contributed by atoms with van der Waals surface area (Å²) in [5, 5.41) is 0. The molecule has 1 atom stereocenters. The van der Waals surface area contributed by atoms with Crippen LogP contribution in [0.2, 0.25) is 0 Å². The number of nitrogens with zero attached hydrogens (tertiary/aromatic N) is 1. The molecule has 0 aromatic heterocycles. The summed E-state index contributed by atoms with van der Waals surface area (Å²) in [6, 6.07) is 0.148. The number of piperidine rings is 1. The lowest BCUT2D eigenvalue weighted by atomic mass is 9.94. The molecule has 18 heavy (non-hydrogen) atoms. The molecule has 2 fully saturated rings. The van der Waals surface area contributed by atoms with Gasteiger partial charge in [0.15, 0.2) is 0 Å². The second-order valence-corrected chi connectivity index (χ2v) is 5.82. The molecule has 0 bridgehead atoms. The molecule has 2 aliphatic rings. The first kappa shape index (κ1) is 14.1. The van der Waals surface area contributed by atoms with E-state index in [1.54, 1.807) is 0 Å². The van der Waals surface area contributed by atoms with Gasteiger partial charge in [-0.1, -0.05) is 12.8 Å². The topological polar surface area (TPSA) is 29.3 Å². The third kappa shape index (κ3) is 3.60. The van der Waals surface area contributed by atoms with Crippen molar-refractivity contribution in [3.8, 4) is 0 Å². The van der Waals surface area contributed by atoms with Crippen molar-refractivity contribution in [2.24, 2.45) is 17.6 Å². The van der Waals surface area contributed by atoms with Crippen molar-refractivity contribution in [2.75, 3.05) is 19.6 Å². The minimum Gasteiger partial charge on any atom is -0.326 e. The van der Waals surface area contributed by atoms with E-state index in [1.165, 1.54) is 25.7 Å². The highest BCUT2D eigenvalue weighted by Gasteiger charge is 2.41. The maximum Gasteiger partial charge on any atom is 0.391 e. The smallest absolute Gasteiger partial charge is 0.326 e. The molecule has 1 saturated carbocycles.